The summed E-state index contributed by atoms with van der Waals surface area (Å²) in [5.41, 5.74) is 3.78. The zero-order valence-electron chi connectivity index (χ0n) is 13.8. The van der Waals surface area contributed by atoms with Gasteiger partial charge in [0.1, 0.15) is 12.5 Å². The molecule has 0 amide bonds. The summed E-state index contributed by atoms with van der Waals surface area (Å²) in [6.07, 6.45) is 4.09. The smallest absolute Gasteiger partial charge is 0.137 e. The predicted octanol–water partition coefficient (Wildman–Crippen LogP) is 1.61. The number of benzene rings is 1. The number of aliphatic hydroxyl groups is 1. The Bertz CT molecular complexity index is 692. The van der Waals surface area contributed by atoms with Gasteiger partial charge in [-0.15, -0.1) is 0 Å². The lowest BCUT2D eigenvalue weighted by Crippen LogP contribution is -2.47. The van der Waals surface area contributed by atoms with Crippen molar-refractivity contribution in [3.05, 3.63) is 47.5 Å². The minimum Gasteiger partial charge on any atom is -0.378 e. The fourth-order valence-corrected chi connectivity index (χ4v) is 3.71. The quantitative estimate of drug-likeness (QED) is 0.823. The maximum atomic E-state index is 11.8. The van der Waals surface area contributed by atoms with Crippen LogP contribution in [0.2, 0.25) is 0 Å². The zero-order chi connectivity index (χ0) is 17.1. The van der Waals surface area contributed by atoms with Crippen molar-refractivity contribution in [1.82, 2.24) is 10.2 Å². The van der Waals surface area contributed by atoms with E-state index in [1.54, 1.807) is 0 Å². The monoisotopic (exact) mass is 324 g/mol. The maximum Gasteiger partial charge on any atom is 0.137 e. The lowest BCUT2D eigenvalue weighted by Gasteiger charge is -2.36. The van der Waals surface area contributed by atoms with Gasteiger partial charge in [0.2, 0.25) is 0 Å². The van der Waals surface area contributed by atoms with Gasteiger partial charge in [-0.05, 0) is 48.6 Å². The van der Waals surface area contributed by atoms with Crippen LogP contribution in [0, 0.1) is 30.7 Å². The van der Waals surface area contributed by atoms with Gasteiger partial charge in [0.25, 0.3) is 0 Å². The number of aldehydes is 1. The Balaban J connectivity index is 1.95. The van der Waals surface area contributed by atoms with E-state index in [4.69, 9.17) is 5.26 Å². The SMILES string of the molecule is Cc1cc(C#N)ccc1C1=CCN[CH][C@@H]1C(C=O)N1CCC[C@H]1O. The Morgan fingerprint density at radius 3 is 2.96 bits per heavy atom. The van der Waals surface area contributed by atoms with Gasteiger partial charge in [-0.3, -0.25) is 4.90 Å². The first-order chi connectivity index (χ1) is 11.7. The van der Waals surface area contributed by atoms with Gasteiger partial charge in [0, 0.05) is 25.6 Å². The molecule has 1 unspecified atom stereocenters. The highest BCUT2D eigenvalue weighted by Crippen LogP contribution is 2.35. The highest BCUT2D eigenvalue weighted by atomic mass is 16.3. The molecule has 5 heteroatoms. The largest absolute Gasteiger partial charge is 0.378 e. The molecule has 2 N–H and O–H groups in total. The van der Waals surface area contributed by atoms with Gasteiger partial charge in [-0.1, -0.05) is 12.1 Å². The van der Waals surface area contributed by atoms with E-state index in [2.05, 4.69) is 17.5 Å². The lowest BCUT2D eigenvalue weighted by molar-refractivity contribution is -0.116. The molecule has 1 aromatic rings. The standard InChI is InChI=1S/C19H22N3O2/c1-13-9-14(10-20)4-5-15(13)16-6-7-21-11-17(16)18(12-23)22-8-2-3-19(22)24/h4-6,9,11-12,17-19,21,24H,2-3,7-8H2,1H3/t17-,18?,19+/m0/s1. The summed E-state index contributed by atoms with van der Waals surface area (Å²) in [7, 11) is 0. The summed E-state index contributed by atoms with van der Waals surface area (Å²) in [6, 6.07) is 7.40. The lowest BCUT2D eigenvalue weighted by atomic mass is 9.82. The minimum absolute atomic E-state index is 0.129. The van der Waals surface area contributed by atoms with Gasteiger partial charge in [-0.2, -0.15) is 5.26 Å². The van der Waals surface area contributed by atoms with E-state index in [0.717, 1.165) is 36.0 Å². The number of likely N-dealkylation sites (tertiary alicyclic amines) is 1. The molecule has 1 radical (unpaired) electrons. The van der Waals surface area contributed by atoms with Crippen LogP contribution in [0.5, 0.6) is 0 Å². The van der Waals surface area contributed by atoms with Crippen LogP contribution in [-0.4, -0.2) is 41.7 Å². The van der Waals surface area contributed by atoms with E-state index in [9.17, 15) is 9.90 Å². The van der Waals surface area contributed by atoms with E-state index in [-0.39, 0.29) is 5.92 Å². The van der Waals surface area contributed by atoms with Gasteiger partial charge >= 0.3 is 0 Å². The Kier molecular flexibility index (Phi) is 5.10. The molecular formula is C19H22N3O2. The number of aliphatic hydroxyl groups excluding tert-OH is 1. The van der Waals surface area contributed by atoms with Crippen LogP contribution in [0.4, 0.5) is 0 Å². The third-order valence-corrected chi connectivity index (χ3v) is 4.91. The van der Waals surface area contributed by atoms with Gasteiger partial charge in [0.05, 0.1) is 17.7 Å². The number of carbonyl (C=O) groups is 1. The average molecular weight is 324 g/mol. The second kappa shape index (κ2) is 7.27. The van der Waals surface area contributed by atoms with Crippen LogP contribution in [0.25, 0.3) is 5.57 Å². The molecule has 0 aliphatic carbocycles. The number of nitrogens with zero attached hydrogens (tertiary/aromatic N) is 2. The molecule has 0 spiro atoms. The number of carbonyl (C=O) groups excluding carboxylic acids is 1. The zero-order valence-corrected chi connectivity index (χ0v) is 13.8. The van der Waals surface area contributed by atoms with E-state index in [1.807, 2.05) is 36.6 Å². The molecule has 2 aliphatic rings. The Hall–Kier alpha value is -2.00. The van der Waals surface area contributed by atoms with Crippen molar-refractivity contribution in [2.45, 2.75) is 32.0 Å². The number of nitriles is 1. The first-order valence-electron chi connectivity index (χ1n) is 8.32. The Morgan fingerprint density at radius 2 is 2.33 bits per heavy atom. The number of aryl methyl sites for hydroxylation is 1. The molecule has 5 nitrogen and oxygen atoms in total. The van der Waals surface area contributed by atoms with Crippen LogP contribution in [0.1, 0.15) is 29.5 Å². The number of hydrogen-bond donors (Lipinski definition) is 2. The third-order valence-electron chi connectivity index (χ3n) is 4.91. The summed E-state index contributed by atoms with van der Waals surface area (Å²) < 4.78 is 0. The van der Waals surface area contributed by atoms with Crippen molar-refractivity contribution < 1.29 is 9.90 Å². The highest BCUT2D eigenvalue weighted by Gasteiger charge is 2.37. The molecule has 0 aromatic heterocycles. The molecular weight excluding hydrogens is 302 g/mol. The fourth-order valence-electron chi connectivity index (χ4n) is 3.71. The molecule has 3 rings (SSSR count). The van der Waals surface area contributed by atoms with Crippen molar-refractivity contribution >= 4 is 11.9 Å². The number of hydrogen-bond acceptors (Lipinski definition) is 5. The molecule has 0 saturated carbocycles. The second-order valence-corrected chi connectivity index (χ2v) is 6.39. The molecule has 3 atom stereocenters. The fraction of sp³-hybridized carbons (Fsp3) is 0.421. The molecule has 1 aromatic carbocycles. The van der Waals surface area contributed by atoms with E-state index < -0.39 is 12.3 Å². The third kappa shape index (κ3) is 3.13. The normalized spacial score (nSPS) is 25.8. The van der Waals surface area contributed by atoms with Crippen LogP contribution in [-0.2, 0) is 4.79 Å². The molecule has 1 saturated heterocycles. The second-order valence-electron chi connectivity index (χ2n) is 6.39. The maximum absolute atomic E-state index is 11.8. The minimum atomic E-state index is -0.557. The molecule has 0 bridgehead atoms. The molecule has 1 fully saturated rings. The summed E-state index contributed by atoms with van der Waals surface area (Å²) in [5.74, 6) is -0.129. The molecule has 125 valence electrons. The Morgan fingerprint density at radius 1 is 1.50 bits per heavy atom. The average Bonchev–Trinajstić information content (AvgIpc) is 3.02. The molecule has 24 heavy (non-hydrogen) atoms. The van der Waals surface area contributed by atoms with Crippen molar-refractivity contribution in [1.29, 1.82) is 5.26 Å². The number of nitrogens with one attached hydrogen (secondary N) is 1. The highest BCUT2D eigenvalue weighted by molar-refractivity contribution is 5.77. The van der Waals surface area contributed by atoms with Crippen molar-refractivity contribution in [3.63, 3.8) is 0 Å². The summed E-state index contributed by atoms with van der Waals surface area (Å²) in [6.45, 7) is 5.38. The van der Waals surface area contributed by atoms with Gasteiger partial charge < -0.3 is 15.2 Å². The van der Waals surface area contributed by atoms with Gasteiger partial charge in [-0.25, -0.2) is 0 Å². The first-order valence-corrected chi connectivity index (χ1v) is 8.32. The summed E-state index contributed by atoms with van der Waals surface area (Å²) in [5, 5.41) is 22.4. The van der Waals surface area contributed by atoms with Gasteiger partial charge in [0.15, 0.2) is 0 Å². The topological polar surface area (TPSA) is 76.4 Å². The molecule has 2 heterocycles. The Labute approximate surface area is 142 Å². The number of rotatable bonds is 4. The van der Waals surface area contributed by atoms with Crippen LogP contribution in [0.15, 0.2) is 24.3 Å². The van der Waals surface area contributed by atoms with Crippen molar-refractivity contribution in [3.8, 4) is 6.07 Å². The van der Waals surface area contributed by atoms with E-state index in [0.29, 0.717) is 18.5 Å². The summed E-state index contributed by atoms with van der Waals surface area (Å²) >= 11 is 0. The molecule has 2 aliphatic heterocycles. The van der Waals surface area contributed by atoms with Crippen molar-refractivity contribution in [2.24, 2.45) is 5.92 Å². The van der Waals surface area contributed by atoms with Crippen molar-refractivity contribution in [2.75, 3.05) is 13.1 Å². The predicted molar refractivity (Wildman–Crippen MR) is 91.5 cm³/mol. The first kappa shape index (κ1) is 16.8. The van der Waals surface area contributed by atoms with E-state index >= 15 is 0 Å². The van der Waals surface area contributed by atoms with Crippen LogP contribution >= 0.6 is 0 Å². The van der Waals surface area contributed by atoms with Crippen LogP contribution in [0.3, 0.4) is 0 Å². The van der Waals surface area contributed by atoms with E-state index in [1.165, 1.54) is 0 Å². The van der Waals surface area contributed by atoms with Crippen LogP contribution < -0.4 is 5.32 Å². The summed E-state index contributed by atoms with van der Waals surface area (Å²) in [4.78, 5) is 13.7.